The van der Waals surface area contributed by atoms with Crippen LogP contribution in [-0.2, 0) is 0 Å². The van der Waals surface area contributed by atoms with Crippen LogP contribution in [0.1, 0.15) is 27.7 Å². The number of rotatable bonds is 2. The summed E-state index contributed by atoms with van der Waals surface area (Å²) in [5, 5.41) is 24.0. The molecule has 0 spiro atoms. The third kappa shape index (κ3) is 2.15. The van der Waals surface area contributed by atoms with Crippen molar-refractivity contribution in [2.45, 2.75) is 48.6 Å². The average Bonchev–Trinajstić information content (AvgIpc) is 2.56. The number of aliphatic hydroxyl groups is 2. The molecule has 2 rings (SSSR count). The Labute approximate surface area is 102 Å². The Morgan fingerprint density at radius 3 is 1.47 bits per heavy atom. The van der Waals surface area contributed by atoms with E-state index in [4.69, 9.17) is 0 Å². The second-order valence-electron chi connectivity index (χ2n) is 4.62. The van der Waals surface area contributed by atoms with Crippen LogP contribution in [0.5, 0.6) is 0 Å². The minimum atomic E-state index is -0.944. The third-order valence-corrected chi connectivity index (χ3v) is 7.31. The molecule has 88 valence electrons. The minimum absolute atomic E-state index is 0.187. The van der Waals surface area contributed by atoms with Crippen LogP contribution in [0.4, 0.5) is 0 Å². The van der Waals surface area contributed by atoms with Gasteiger partial charge >= 0.3 is 0 Å². The van der Waals surface area contributed by atoms with E-state index in [-0.39, 0.29) is 9.41 Å². The van der Waals surface area contributed by atoms with Gasteiger partial charge < -0.3 is 10.2 Å². The lowest BCUT2D eigenvalue weighted by atomic mass is 10.2. The maximum Gasteiger partial charge on any atom is 0.131 e. The molecular formula is C8H16N2O2S3. The lowest BCUT2D eigenvalue weighted by Gasteiger charge is -2.47. The van der Waals surface area contributed by atoms with E-state index in [1.165, 1.54) is 0 Å². The number of thioether (sulfide) groups is 1. The van der Waals surface area contributed by atoms with Crippen molar-refractivity contribution >= 4 is 33.3 Å². The zero-order valence-corrected chi connectivity index (χ0v) is 11.6. The van der Waals surface area contributed by atoms with Crippen LogP contribution in [0, 0.1) is 0 Å². The molecule has 2 bridgehead atoms. The summed E-state index contributed by atoms with van der Waals surface area (Å²) in [6, 6.07) is 0. The molecule has 2 heterocycles. The van der Waals surface area contributed by atoms with E-state index in [0.717, 1.165) is 0 Å². The maximum atomic E-state index is 10.1. The SMILES string of the molecule is CC(C)(O)N1C2SSC(S2)N1C(C)(C)O. The fourth-order valence-corrected chi connectivity index (χ4v) is 7.80. The molecule has 2 saturated heterocycles. The Morgan fingerprint density at radius 2 is 1.20 bits per heavy atom. The lowest BCUT2D eigenvalue weighted by Crippen LogP contribution is -2.62. The van der Waals surface area contributed by atoms with E-state index in [1.54, 1.807) is 61.0 Å². The van der Waals surface area contributed by atoms with E-state index in [9.17, 15) is 10.2 Å². The van der Waals surface area contributed by atoms with Crippen molar-refractivity contribution in [2.75, 3.05) is 0 Å². The van der Waals surface area contributed by atoms with Gasteiger partial charge in [-0.25, -0.2) is 0 Å². The second-order valence-corrected chi connectivity index (χ2v) is 8.82. The zero-order chi connectivity index (χ0) is 11.4. The Kier molecular flexibility index (Phi) is 3.04. The van der Waals surface area contributed by atoms with Gasteiger partial charge in [-0.05, 0) is 27.7 Å². The summed E-state index contributed by atoms with van der Waals surface area (Å²) in [4.78, 5) is 0. The van der Waals surface area contributed by atoms with Gasteiger partial charge in [-0.2, -0.15) is 10.0 Å². The Bertz CT molecular complexity index is 238. The fraction of sp³-hybridized carbons (Fsp3) is 1.00. The summed E-state index contributed by atoms with van der Waals surface area (Å²) in [6.45, 7) is 6.99. The fourth-order valence-electron chi connectivity index (χ4n) is 1.68. The van der Waals surface area contributed by atoms with Crippen molar-refractivity contribution in [3.05, 3.63) is 0 Å². The highest BCUT2D eigenvalue weighted by Gasteiger charge is 2.56. The molecule has 2 N–H and O–H groups in total. The van der Waals surface area contributed by atoms with Gasteiger partial charge in [-0.3, -0.25) is 0 Å². The van der Waals surface area contributed by atoms with Gasteiger partial charge in [0.15, 0.2) is 0 Å². The van der Waals surface area contributed by atoms with Gasteiger partial charge in [-0.15, -0.1) is 0 Å². The van der Waals surface area contributed by atoms with Crippen LogP contribution in [0.25, 0.3) is 0 Å². The molecule has 0 amide bonds. The number of hydrazine groups is 1. The Hall–Kier alpha value is 0.890. The molecule has 2 aliphatic heterocycles. The molecule has 0 aromatic rings. The van der Waals surface area contributed by atoms with Gasteiger partial charge in [0.2, 0.25) is 0 Å². The predicted octanol–water partition coefficient (Wildman–Crippen LogP) is 1.67. The van der Waals surface area contributed by atoms with Crippen LogP contribution in [0.3, 0.4) is 0 Å². The molecular weight excluding hydrogens is 252 g/mol. The molecule has 7 heteroatoms. The van der Waals surface area contributed by atoms with Crippen molar-refractivity contribution in [3.63, 3.8) is 0 Å². The summed E-state index contributed by atoms with van der Waals surface area (Å²) in [6.07, 6.45) is 0. The molecule has 0 radical (unpaired) electrons. The zero-order valence-electron chi connectivity index (χ0n) is 9.17. The van der Waals surface area contributed by atoms with Crippen LogP contribution in [0.2, 0.25) is 0 Å². The van der Waals surface area contributed by atoms with E-state index in [2.05, 4.69) is 0 Å². The molecule has 2 aliphatic rings. The van der Waals surface area contributed by atoms with Gasteiger partial charge in [-0.1, -0.05) is 33.3 Å². The summed E-state index contributed by atoms with van der Waals surface area (Å²) < 4.78 is 0.373. The van der Waals surface area contributed by atoms with E-state index in [0.29, 0.717) is 0 Å². The lowest BCUT2D eigenvalue weighted by molar-refractivity contribution is -0.257. The van der Waals surface area contributed by atoms with Crippen LogP contribution in [0.15, 0.2) is 0 Å². The molecule has 2 fully saturated rings. The molecule has 2 unspecified atom stereocenters. The topological polar surface area (TPSA) is 46.9 Å². The highest BCUT2D eigenvalue weighted by molar-refractivity contribution is 8.83. The molecule has 0 saturated carbocycles. The van der Waals surface area contributed by atoms with Gasteiger partial charge in [0.05, 0.1) is 0 Å². The van der Waals surface area contributed by atoms with Gasteiger partial charge in [0.25, 0.3) is 0 Å². The number of hydrogen-bond donors (Lipinski definition) is 2. The summed E-state index contributed by atoms with van der Waals surface area (Å²) >= 11 is 1.76. The molecule has 15 heavy (non-hydrogen) atoms. The first kappa shape index (κ1) is 12.3. The van der Waals surface area contributed by atoms with E-state index >= 15 is 0 Å². The number of nitrogens with zero attached hydrogens (tertiary/aromatic N) is 2. The standard InChI is InChI=1S/C8H16N2O2S3/c1-7(2,11)9-5-13-6(15-14-5)10(9)8(3,4)12/h5-6,11-12H,1-4H3. The maximum absolute atomic E-state index is 10.1. The van der Waals surface area contributed by atoms with E-state index < -0.39 is 11.4 Å². The van der Waals surface area contributed by atoms with Gasteiger partial charge in [0, 0.05) is 0 Å². The summed E-state index contributed by atoms with van der Waals surface area (Å²) in [5.74, 6) is 0. The molecule has 2 atom stereocenters. The molecule has 0 aliphatic carbocycles. The van der Waals surface area contributed by atoms with Crippen molar-refractivity contribution in [3.8, 4) is 0 Å². The molecule has 0 aromatic heterocycles. The quantitative estimate of drug-likeness (QED) is 0.739. The highest BCUT2D eigenvalue weighted by Crippen LogP contribution is 2.62. The second kappa shape index (κ2) is 3.69. The predicted molar refractivity (Wildman–Crippen MR) is 66.6 cm³/mol. The van der Waals surface area contributed by atoms with Crippen molar-refractivity contribution < 1.29 is 10.2 Å². The van der Waals surface area contributed by atoms with Crippen LogP contribution < -0.4 is 0 Å². The van der Waals surface area contributed by atoms with Gasteiger partial charge in [0.1, 0.15) is 20.9 Å². The normalized spacial score (nSPS) is 34.0. The van der Waals surface area contributed by atoms with Crippen molar-refractivity contribution in [1.29, 1.82) is 0 Å². The Balaban J connectivity index is 2.28. The van der Waals surface area contributed by atoms with Crippen molar-refractivity contribution in [2.24, 2.45) is 0 Å². The first-order valence-corrected chi connectivity index (χ1v) is 7.94. The third-order valence-electron chi connectivity index (χ3n) is 2.21. The average molecular weight is 268 g/mol. The largest absolute Gasteiger partial charge is 0.375 e. The van der Waals surface area contributed by atoms with Crippen LogP contribution in [-0.4, -0.2) is 41.1 Å². The monoisotopic (exact) mass is 268 g/mol. The smallest absolute Gasteiger partial charge is 0.131 e. The molecule has 0 aromatic carbocycles. The molecule has 4 nitrogen and oxygen atoms in total. The number of fused-ring (bicyclic) bond motifs is 2. The summed E-state index contributed by atoms with van der Waals surface area (Å²) in [5.41, 5.74) is -1.89. The number of hydrogen-bond acceptors (Lipinski definition) is 7. The first-order chi connectivity index (χ1) is 6.71. The minimum Gasteiger partial charge on any atom is -0.375 e. The first-order valence-electron chi connectivity index (χ1n) is 4.72. The summed E-state index contributed by atoms with van der Waals surface area (Å²) in [7, 11) is 3.48. The van der Waals surface area contributed by atoms with Crippen molar-refractivity contribution in [1.82, 2.24) is 10.0 Å². The van der Waals surface area contributed by atoms with E-state index in [1.807, 2.05) is 10.0 Å². The van der Waals surface area contributed by atoms with Crippen LogP contribution >= 0.6 is 33.3 Å². The Morgan fingerprint density at radius 1 is 0.867 bits per heavy atom. The highest BCUT2D eigenvalue weighted by atomic mass is 33.1.